The molecular weight excluding hydrogens is 587 g/mol. The van der Waals surface area contributed by atoms with Crippen molar-refractivity contribution in [2.24, 2.45) is 10.9 Å². The number of carbonyl (C=O) groups is 1. The highest BCUT2D eigenvalue weighted by atomic mass is 19.1. The number of terminal acetylenes is 1. The van der Waals surface area contributed by atoms with Gasteiger partial charge in [-0.2, -0.15) is 9.37 Å². The molecule has 0 spiro atoms. The molecule has 1 fully saturated rings. The van der Waals surface area contributed by atoms with Crippen LogP contribution in [0.25, 0.3) is 0 Å². The number of nitrogens with zero attached hydrogens (tertiary/aromatic N) is 3. The maximum atomic E-state index is 13.7. The van der Waals surface area contributed by atoms with E-state index in [1.165, 1.54) is 96.3 Å². The van der Waals surface area contributed by atoms with Gasteiger partial charge in [-0.15, -0.1) is 6.42 Å². The fourth-order valence-electron chi connectivity index (χ4n) is 6.46. The highest BCUT2D eigenvalue weighted by Crippen LogP contribution is 2.39. The molecule has 1 aromatic heterocycles. The number of hydrogen-bond acceptors (Lipinski definition) is 9. The van der Waals surface area contributed by atoms with Crippen molar-refractivity contribution in [3.63, 3.8) is 0 Å². The number of unbranched alkanes of at least 4 members (excludes halogenated alkanes) is 17. The Morgan fingerprint density at radius 2 is 1.57 bits per heavy atom. The Morgan fingerprint density at radius 3 is 2.11 bits per heavy atom. The summed E-state index contributed by atoms with van der Waals surface area (Å²) >= 11 is 0. The lowest BCUT2D eigenvalue weighted by Gasteiger charge is -2.27. The molecule has 0 radical (unpaired) electrons. The van der Waals surface area contributed by atoms with Crippen molar-refractivity contribution in [1.29, 1.82) is 0 Å². The minimum atomic E-state index is -1.49. The number of hydrogen-bond donors (Lipinski definition) is 2. The first-order chi connectivity index (χ1) is 22.4. The van der Waals surface area contributed by atoms with Crippen LogP contribution in [0.15, 0.2) is 4.99 Å². The largest absolute Gasteiger partial charge is 0.508 e. The second-order valence-electron chi connectivity index (χ2n) is 13.0. The maximum Gasteiger partial charge on any atom is 0.508 e. The Hall–Kier alpha value is -2.77. The molecule has 3 heterocycles. The fourth-order valence-corrected chi connectivity index (χ4v) is 6.46. The number of rotatable bonds is 22. The van der Waals surface area contributed by atoms with Crippen LogP contribution in [0.5, 0.6) is 0 Å². The average molecular weight is 645 g/mol. The molecular formula is C36H57FN4O5. The molecule has 258 valence electrons. The molecule has 0 bridgehead atoms. The molecule has 0 aliphatic carbocycles. The van der Waals surface area contributed by atoms with E-state index < -0.39 is 36.6 Å². The topological polar surface area (TPSA) is 129 Å². The predicted molar refractivity (Wildman–Crippen MR) is 180 cm³/mol. The zero-order valence-corrected chi connectivity index (χ0v) is 28.0. The van der Waals surface area contributed by atoms with Crippen LogP contribution in [0.4, 0.5) is 20.7 Å². The Bertz CT molecular complexity index is 1110. The van der Waals surface area contributed by atoms with Gasteiger partial charge in [0.25, 0.3) is 0 Å². The van der Waals surface area contributed by atoms with E-state index in [1.807, 2.05) is 0 Å². The minimum absolute atomic E-state index is 0.0289. The molecule has 0 aromatic carbocycles. The number of aromatic nitrogens is 2. The van der Waals surface area contributed by atoms with Crippen LogP contribution in [0.3, 0.4) is 0 Å². The van der Waals surface area contributed by atoms with Crippen molar-refractivity contribution >= 4 is 23.9 Å². The van der Waals surface area contributed by atoms with Gasteiger partial charge < -0.3 is 25.1 Å². The summed E-state index contributed by atoms with van der Waals surface area (Å²) in [5, 5.41) is 10.1. The SMILES string of the molecule is C#C[C@]1(CO)O[C@@H](C2C=Nc3c(N)nc(F)nc3CC2)C[C@@H]1OC(=O)OCCCCCCCCCCCCCCCCCCCC. The molecule has 0 saturated carbocycles. The molecule has 2 aliphatic rings. The molecule has 3 N–H and O–H groups in total. The summed E-state index contributed by atoms with van der Waals surface area (Å²) in [6.45, 7) is 2.01. The first-order valence-electron chi connectivity index (χ1n) is 17.9. The normalized spacial score (nSPS) is 22.3. The number of ether oxygens (including phenoxy) is 3. The fraction of sp³-hybridized carbons (Fsp3) is 0.778. The van der Waals surface area contributed by atoms with Crippen LogP contribution in [0, 0.1) is 24.3 Å². The van der Waals surface area contributed by atoms with Gasteiger partial charge in [0.2, 0.25) is 0 Å². The van der Waals surface area contributed by atoms with Crippen molar-refractivity contribution in [2.75, 3.05) is 18.9 Å². The van der Waals surface area contributed by atoms with Gasteiger partial charge in [0.1, 0.15) is 5.69 Å². The molecule has 1 saturated heterocycles. The van der Waals surface area contributed by atoms with E-state index in [-0.39, 0.29) is 24.8 Å². The summed E-state index contributed by atoms with van der Waals surface area (Å²) in [5.74, 6) is 2.21. The second kappa shape index (κ2) is 21.2. The maximum absolute atomic E-state index is 13.7. The van der Waals surface area contributed by atoms with Gasteiger partial charge in [-0.05, 0) is 19.3 Å². The molecule has 0 amide bonds. The van der Waals surface area contributed by atoms with Gasteiger partial charge >= 0.3 is 12.2 Å². The van der Waals surface area contributed by atoms with Crippen molar-refractivity contribution in [2.45, 2.75) is 160 Å². The number of aliphatic hydroxyl groups excluding tert-OH is 1. The molecule has 1 aromatic rings. The van der Waals surface area contributed by atoms with Crippen LogP contribution in [0.2, 0.25) is 0 Å². The zero-order chi connectivity index (χ0) is 33.0. The van der Waals surface area contributed by atoms with Crippen LogP contribution in [0.1, 0.15) is 141 Å². The van der Waals surface area contributed by atoms with Gasteiger partial charge in [0, 0.05) is 18.6 Å². The number of carbonyl (C=O) groups excluding carboxylic acids is 1. The standard InChI is InChI=1S/C36H57FN4O5/c1-3-5-6-7-8-9-10-11-12-13-14-15-16-17-18-19-20-21-24-44-35(43)45-31-25-30(46-36(31,4-2)27-42)28-22-23-29-32(39-26-28)33(38)41-34(37)40-29/h2,26,28,30-31,42H,3,5-25,27H2,1H3,(H2,38,40,41)/t28?,30-,31+,36-/m1/s1. The van der Waals surface area contributed by atoms with Gasteiger partial charge in [-0.1, -0.05) is 122 Å². The Labute approximate surface area is 275 Å². The van der Waals surface area contributed by atoms with Crippen LogP contribution >= 0.6 is 0 Å². The molecule has 1 unspecified atom stereocenters. The van der Waals surface area contributed by atoms with Crippen LogP contribution in [-0.4, -0.2) is 58.5 Å². The summed E-state index contributed by atoms with van der Waals surface area (Å²) in [6, 6.07) is 0. The Balaban J connectivity index is 1.23. The van der Waals surface area contributed by atoms with E-state index in [9.17, 15) is 14.3 Å². The average Bonchev–Trinajstić information content (AvgIpc) is 3.26. The number of aliphatic hydroxyl groups is 1. The van der Waals surface area contributed by atoms with Gasteiger partial charge in [0.05, 0.1) is 25.0 Å². The predicted octanol–water partition coefficient (Wildman–Crippen LogP) is 8.18. The minimum Gasteiger partial charge on any atom is -0.434 e. The molecule has 46 heavy (non-hydrogen) atoms. The smallest absolute Gasteiger partial charge is 0.434 e. The molecule has 9 nitrogen and oxygen atoms in total. The van der Waals surface area contributed by atoms with E-state index in [1.54, 1.807) is 6.21 Å². The Morgan fingerprint density at radius 1 is 1.00 bits per heavy atom. The number of nitrogen functional groups attached to an aromatic ring is 1. The van der Waals surface area contributed by atoms with Crippen LogP contribution < -0.4 is 5.73 Å². The van der Waals surface area contributed by atoms with E-state index in [0.29, 0.717) is 24.2 Å². The molecule has 4 atom stereocenters. The van der Waals surface area contributed by atoms with Crippen LogP contribution in [-0.2, 0) is 20.6 Å². The summed E-state index contributed by atoms with van der Waals surface area (Å²) in [5.41, 5.74) is 5.10. The lowest BCUT2D eigenvalue weighted by molar-refractivity contribution is -0.0886. The molecule has 10 heteroatoms. The van der Waals surface area contributed by atoms with Crippen molar-refractivity contribution in [3.8, 4) is 12.3 Å². The summed E-state index contributed by atoms with van der Waals surface area (Å²) in [6.07, 6.45) is 28.7. The first kappa shape index (κ1) is 37.7. The quantitative estimate of drug-likeness (QED) is 0.0560. The van der Waals surface area contributed by atoms with Gasteiger partial charge in [-0.3, -0.25) is 4.99 Å². The third-order valence-electron chi connectivity index (χ3n) is 9.31. The third kappa shape index (κ3) is 12.4. The zero-order valence-electron chi connectivity index (χ0n) is 28.0. The summed E-state index contributed by atoms with van der Waals surface area (Å²) < 4.78 is 30.6. The number of aryl methyl sites for hydroxylation is 1. The summed E-state index contributed by atoms with van der Waals surface area (Å²) in [4.78, 5) is 24.3. The lowest BCUT2D eigenvalue weighted by atomic mass is 9.92. The highest BCUT2D eigenvalue weighted by Gasteiger charge is 2.52. The van der Waals surface area contributed by atoms with Gasteiger partial charge in [0.15, 0.2) is 17.5 Å². The van der Waals surface area contributed by atoms with E-state index in [2.05, 4.69) is 27.8 Å². The number of aliphatic imine (C=N–C) groups is 1. The molecule has 3 rings (SSSR count). The van der Waals surface area contributed by atoms with Crippen molar-refractivity contribution in [3.05, 3.63) is 11.8 Å². The van der Waals surface area contributed by atoms with E-state index >= 15 is 0 Å². The second-order valence-corrected chi connectivity index (χ2v) is 13.0. The number of anilines is 1. The monoisotopic (exact) mass is 644 g/mol. The first-order valence-corrected chi connectivity index (χ1v) is 17.9. The highest BCUT2D eigenvalue weighted by molar-refractivity contribution is 5.73. The van der Waals surface area contributed by atoms with Crippen molar-refractivity contribution in [1.82, 2.24) is 9.97 Å². The summed E-state index contributed by atoms with van der Waals surface area (Å²) in [7, 11) is 0. The lowest BCUT2D eigenvalue weighted by Crippen LogP contribution is -2.44. The Kier molecular flexibility index (Phi) is 17.3. The third-order valence-corrected chi connectivity index (χ3v) is 9.31. The number of nitrogens with two attached hydrogens (primary N) is 1. The van der Waals surface area contributed by atoms with Gasteiger partial charge in [-0.25, -0.2) is 9.78 Å². The van der Waals surface area contributed by atoms with E-state index in [0.717, 1.165) is 19.3 Å². The number of fused-ring (bicyclic) bond motifs is 1. The van der Waals surface area contributed by atoms with Crippen molar-refractivity contribution < 1.29 is 28.5 Å². The number of halogens is 1. The molecule has 2 aliphatic heterocycles. The van der Waals surface area contributed by atoms with E-state index in [4.69, 9.17) is 26.4 Å².